The van der Waals surface area contributed by atoms with Crippen LogP contribution in [0.5, 0.6) is 0 Å². The molecule has 0 unspecified atom stereocenters. The maximum absolute atomic E-state index is 11.6. The van der Waals surface area contributed by atoms with Crippen LogP contribution >= 0.6 is 12.2 Å². The fourth-order valence-electron chi connectivity index (χ4n) is 2.48. The first-order valence-electron chi connectivity index (χ1n) is 7.33. The Morgan fingerprint density at radius 2 is 2.24 bits per heavy atom. The first kappa shape index (κ1) is 15.7. The lowest BCUT2D eigenvalue weighted by atomic mass is 10.1. The molecule has 0 aromatic carbocycles. The number of hydrogen-bond donors (Lipinski definition) is 3. The number of nitrogens with zero attached hydrogens (tertiary/aromatic N) is 1. The molecule has 0 atom stereocenters. The monoisotopic (exact) mass is 306 g/mol. The number of fused-ring (bicyclic) bond motifs is 1. The topological polar surface area (TPSA) is 80.0 Å². The first-order chi connectivity index (χ1) is 9.97. The van der Waals surface area contributed by atoms with Crippen LogP contribution in [0.15, 0.2) is 6.07 Å². The third-order valence-corrected chi connectivity index (χ3v) is 3.63. The highest BCUT2D eigenvalue weighted by molar-refractivity contribution is 7.80. The van der Waals surface area contributed by atoms with E-state index in [9.17, 15) is 4.79 Å². The van der Waals surface area contributed by atoms with Crippen LogP contribution < -0.4 is 16.4 Å². The summed E-state index contributed by atoms with van der Waals surface area (Å²) < 4.78 is 0. The molecule has 114 valence electrons. The molecule has 1 aliphatic carbocycles. The summed E-state index contributed by atoms with van der Waals surface area (Å²) in [4.78, 5) is 16.6. The summed E-state index contributed by atoms with van der Waals surface area (Å²) in [6.07, 6.45) is 3.55. The number of carbonyl (C=O) groups is 1. The van der Waals surface area contributed by atoms with Crippen molar-refractivity contribution in [2.75, 3.05) is 11.9 Å². The molecule has 2 rings (SSSR count). The molecule has 0 radical (unpaired) electrons. The lowest BCUT2D eigenvalue weighted by Gasteiger charge is -2.13. The molecule has 0 spiro atoms. The Morgan fingerprint density at radius 1 is 1.48 bits per heavy atom. The van der Waals surface area contributed by atoms with E-state index in [2.05, 4.69) is 15.6 Å². The number of rotatable bonds is 6. The Hall–Kier alpha value is -1.69. The van der Waals surface area contributed by atoms with Crippen molar-refractivity contribution in [3.05, 3.63) is 22.9 Å². The number of nitrogens with two attached hydrogens (primary N) is 1. The fraction of sp³-hybridized carbons (Fsp3) is 0.533. The number of carbonyl (C=O) groups excluding carboxylic acids is 1. The first-order valence-corrected chi connectivity index (χ1v) is 7.74. The number of thiocarbonyl (C=S) groups is 1. The van der Waals surface area contributed by atoms with E-state index in [-0.39, 0.29) is 11.9 Å². The summed E-state index contributed by atoms with van der Waals surface area (Å²) in [5.41, 5.74) is 8.90. The van der Waals surface area contributed by atoms with E-state index in [1.165, 1.54) is 5.56 Å². The molecule has 0 bridgehead atoms. The largest absolute Gasteiger partial charge is 0.389 e. The van der Waals surface area contributed by atoms with E-state index in [4.69, 9.17) is 18.0 Å². The van der Waals surface area contributed by atoms with E-state index >= 15 is 0 Å². The number of aromatic nitrogens is 1. The maximum Gasteiger partial charge on any atom is 0.221 e. The van der Waals surface area contributed by atoms with Crippen molar-refractivity contribution < 1.29 is 4.79 Å². The van der Waals surface area contributed by atoms with Crippen LogP contribution in [-0.4, -0.2) is 28.5 Å². The molecule has 21 heavy (non-hydrogen) atoms. The van der Waals surface area contributed by atoms with Crippen molar-refractivity contribution >= 4 is 28.9 Å². The van der Waals surface area contributed by atoms with Crippen molar-refractivity contribution in [1.82, 2.24) is 10.3 Å². The predicted molar refractivity (Wildman–Crippen MR) is 88.5 cm³/mol. The predicted octanol–water partition coefficient (Wildman–Crippen LogP) is 1.53. The van der Waals surface area contributed by atoms with E-state index < -0.39 is 0 Å². The van der Waals surface area contributed by atoms with E-state index in [0.717, 1.165) is 30.5 Å². The van der Waals surface area contributed by atoms with Gasteiger partial charge in [-0.1, -0.05) is 12.2 Å². The van der Waals surface area contributed by atoms with Gasteiger partial charge in [-0.05, 0) is 44.7 Å². The molecule has 6 heteroatoms. The third-order valence-electron chi connectivity index (χ3n) is 3.41. The van der Waals surface area contributed by atoms with Gasteiger partial charge >= 0.3 is 0 Å². The summed E-state index contributed by atoms with van der Waals surface area (Å²) in [7, 11) is 0. The second-order valence-corrected chi connectivity index (χ2v) is 6.05. The minimum atomic E-state index is 0.0236. The van der Waals surface area contributed by atoms with E-state index in [1.54, 1.807) is 0 Å². The molecule has 0 aliphatic heterocycles. The van der Waals surface area contributed by atoms with Crippen molar-refractivity contribution in [1.29, 1.82) is 0 Å². The maximum atomic E-state index is 11.6. The molecule has 0 fully saturated rings. The smallest absolute Gasteiger partial charge is 0.221 e. The van der Waals surface area contributed by atoms with Gasteiger partial charge < -0.3 is 16.4 Å². The van der Waals surface area contributed by atoms with Gasteiger partial charge in [0, 0.05) is 24.7 Å². The zero-order chi connectivity index (χ0) is 15.4. The quantitative estimate of drug-likeness (QED) is 0.695. The lowest BCUT2D eigenvalue weighted by molar-refractivity contribution is -0.121. The molecule has 1 aromatic heterocycles. The molecule has 1 aliphatic rings. The van der Waals surface area contributed by atoms with E-state index in [1.807, 2.05) is 19.9 Å². The lowest BCUT2D eigenvalue weighted by Crippen LogP contribution is -2.31. The second kappa shape index (κ2) is 6.85. The van der Waals surface area contributed by atoms with Crippen LogP contribution in [0, 0.1) is 0 Å². The summed E-state index contributed by atoms with van der Waals surface area (Å²) >= 11 is 5.10. The van der Waals surface area contributed by atoms with Gasteiger partial charge in [-0.3, -0.25) is 4.79 Å². The number of pyridine rings is 1. The Bertz CT molecular complexity index is 557. The third kappa shape index (κ3) is 4.14. The summed E-state index contributed by atoms with van der Waals surface area (Å²) in [5.74, 6) is 0.719. The highest BCUT2D eigenvalue weighted by Gasteiger charge is 2.17. The number of nitrogens with one attached hydrogen (secondary N) is 2. The molecule has 0 saturated heterocycles. The highest BCUT2D eigenvalue weighted by Crippen LogP contribution is 2.25. The van der Waals surface area contributed by atoms with Crippen LogP contribution in [0.1, 0.15) is 43.5 Å². The molecule has 1 amide bonds. The zero-order valence-corrected chi connectivity index (χ0v) is 13.3. The van der Waals surface area contributed by atoms with Gasteiger partial charge in [0.05, 0.1) is 5.56 Å². The SMILES string of the molecule is CC(C)NC(=O)CCNc1nc2c(cc1C(N)=S)CCC2. The standard InChI is InChI=1S/C15H22N4OS/c1-9(2)18-13(20)6-7-17-15-11(14(16)21)8-10-4-3-5-12(10)19-15/h8-9H,3-7H2,1-2H3,(H2,16,21)(H,17,19)(H,18,20). The average Bonchev–Trinajstić information content (AvgIpc) is 2.83. The Morgan fingerprint density at radius 3 is 2.90 bits per heavy atom. The molecule has 1 aromatic rings. The van der Waals surface area contributed by atoms with Gasteiger partial charge in [0.25, 0.3) is 0 Å². The van der Waals surface area contributed by atoms with Gasteiger partial charge in [-0.25, -0.2) is 4.98 Å². The zero-order valence-electron chi connectivity index (χ0n) is 12.5. The second-order valence-electron chi connectivity index (χ2n) is 5.61. The van der Waals surface area contributed by atoms with Gasteiger partial charge in [0.1, 0.15) is 10.8 Å². The number of anilines is 1. The average molecular weight is 306 g/mol. The Labute approximate surface area is 130 Å². The van der Waals surface area contributed by atoms with Crippen molar-refractivity contribution in [2.24, 2.45) is 5.73 Å². The van der Waals surface area contributed by atoms with Gasteiger partial charge in [-0.2, -0.15) is 0 Å². The normalized spacial score (nSPS) is 13.1. The minimum Gasteiger partial charge on any atom is -0.389 e. The summed E-state index contributed by atoms with van der Waals surface area (Å²) in [6.45, 7) is 4.40. The fourth-order valence-corrected chi connectivity index (χ4v) is 2.64. The van der Waals surface area contributed by atoms with Crippen LogP contribution in [0.3, 0.4) is 0 Å². The summed E-state index contributed by atoms with van der Waals surface area (Å²) in [6, 6.07) is 2.19. The van der Waals surface area contributed by atoms with Gasteiger partial charge in [0.15, 0.2) is 0 Å². The Balaban J connectivity index is 2.02. The minimum absolute atomic E-state index is 0.0236. The molecular formula is C15H22N4OS. The molecule has 4 N–H and O–H groups in total. The van der Waals surface area contributed by atoms with E-state index in [0.29, 0.717) is 23.8 Å². The van der Waals surface area contributed by atoms with Crippen molar-refractivity contribution in [2.45, 2.75) is 45.6 Å². The molecular weight excluding hydrogens is 284 g/mol. The summed E-state index contributed by atoms with van der Waals surface area (Å²) in [5, 5.41) is 6.05. The van der Waals surface area contributed by atoms with Gasteiger partial charge in [-0.15, -0.1) is 0 Å². The number of hydrogen-bond acceptors (Lipinski definition) is 4. The molecule has 5 nitrogen and oxygen atoms in total. The number of amides is 1. The van der Waals surface area contributed by atoms with Crippen LogP contribution in [-0.2, 0) is 17.6 Å². The van der Waals surface area contributed by atoms with Gasteiger partial charge in [0.2, 0.25) is 5.91 Å². The van der Waals surface area contributed by atoms with Crippen LogP contribution in [0.25, 0.3) is 0 Å². The molecule has 0 saturated carbocycles. The van der Waals surface area contributed by atoms with Crippen molar-refractivity contribution in [3.63, 3.8) is 0 Å². The van der Waals surface area contributed by atoms with Crippen LogP contribution in [0.2, 0.25) is 0 Å². The van der Waals surface area contributed by atoms with Crippen molar-refractivity contribution in [3.8, 4) is 0 Å². The number of aryl methyl sites for hydroxylation is 2. The van der Waals surface area contributed by atoms with Crippen LogP contribution in [0.4, 0.5) is 5.82 Å². The molecule has 1 heterocycles. The highest BCUT2D eigenvalue weighted by atomic mass is 32.1. The Kier molecular flexibility index (Phi) is 5.12.